The lowest BCUT2D eigenvalue weighted by molar-refractivity contribution is 0.0664. The van der Waals surface area contributed by atoms with Gasteiger partial charge in [-0.3, -0.25) is 4.79 Å². The summed E-state index contributed by atoms with van der Waals surface area (Å²) < 4.78 is 23.5. The van der Waals surface area contributed by atoms with E-state index in [0.29, 0.717) is 39.4 Å². The Kier molecular flexibility index (Phi) is 8.75. The van der Waals surface area contributed by atoms with Crippen LogP contribution in [0.2, 0.25) is 0 Å². The van der Waals surface area contributed by atoms with Gasteiger partial charge in [0.25, 0.3) is 5.91 Å². The highest BCUT2D eigenvalue weighted by molar-refractivity contribution is 7.12. The van der Waals surface area contributed by atoms with Gasteiger partial charge in [0, 0.05) is 6.54 Å². The van der Waals surface area contributed by atoms with Crippen molar-refractivity contribution in [1.82, 2.24) is 4.90 Å². The molecule has 2 heterocycles. The van der Waals surface area contributed by atoms with Crippen LogP contribution in [0.4, 0.5) is 0 Å². The van der Waals surface area contributed by atoms with Crippen LogP contribution >= 0.6 is 11.3 Å². The van der Waals surface area contributed by atoms with Crippen molar-refractivity contribution in [3.05, 3.63) is 69.4 Å². The Hall–Kier alpha value is -3.19. The SMILES string of the molecule is CCOc1ccc(CC2c3cc(OCC)c(OCC)cc3CCN2C(=O)c2cccs2)cc1OCC. The zero-order valence-corrected chi connectivity index (χ0v) is 22.4. The van der Waals surface area contributed by atoms with Gasteiger partial charge in [-0.05, 0) is 92.9 Å². The Morgan fingerprint density at radius 3 is 2.14 bits per heavy atom. The van der Waals surface area contributed by atoms with Gasteiger partial charge in [0.1, 0.15) is 0 Å². The lowest BCUT2D eigenvalue weighted by Gasteiger charge is -2.38. The molecule has 4 rings (SSSR count). The average molecular weight is 510 g/mol. The van der Waals surface area contributed by atoms with Gasteiger partial charge < -0.3 is 23.8 Å². The minimum atomic E-state index is -0.148. The van der Waals surface area contributed by atoms with E-state index >= 15 is 0 Å². The molecular formula is C29H35NO5S. The van der Waals surface area contributed by atoms with Crippen LogP contribution < -0.4 is 18.9 Å². The molecule has 0 saturated carbocycles. The topological polar surface area (TPSA) is 57.2 Å². The van der Waals surface area contributed by atoms with Crippen molar-refractivity contribution in [2.45, 2.75) is 46.6 Å². The standard InChI is InChI=1S/C29H35NO5S/c1-5-32-24-12-11-20(17-25(24)33-6-2)16-23-22-19-27(35-8-4)26(34-7-3)18-21(22)13-14-30(23)29(31)28-10-9-15-36-28/h9-12,15,17-19,23H,5-8,13-14,16H2,1-4H3. The molecular weight excluding hydrogens is 474 g/mol. The monoisotopic (exact) mass is 509 g/mol. The summed E-state index contributed by atoms with van der Waals surface area (Å²) in [5.41, 5.74) is 3.37. The summed E-state index contributed by atoms with van der Waals surface area (Å²) in [6.07, 6.45) is 1.42. The molecule has 0 N–H and O–H groups in total. The van der Waals surface area contributed by atoms with Gasteiger partial charge in [-0.1, -0.05) is 12.1 Å². The van der Waals surface area contributed by atoms with Crippen molar-refractivity contribution >= 4 is 17.2 Å². The third kappa shape index (κ3) is 5.62. The zero-order chi connectivity index (χ0) is 25.5. The fourth-order valence-electron chi connectivity index (χ4n) is 4.70. The number of thiophene rings is 1. The lowest BCUT2D eigenvalue weighted by Crippen LogP contribution is -2.40. The maximum atomic E-state index is 13.6. The van der Waals surface area contributed by atoms with E-state index in [1.54, 1.807) is 0 Å². The van der Waals surface area contributed by atoms with Gasteiger partial charge in [0.2, 0.25) is 0 Å². The van der Waals surface area contributed by atoms with Crippen LogP contribution in [-0.2, 0) is 12.8 Å². The van der Waals surface area contributed by atoms with E-state index in [4.69, 9.17) is 18.9 Å². The highest BCUT2D eigenvalue weighted by Gasteiger charge is 2.33. The van der Waals surface area contributed by atoms with Gasteiger partial charge in [-0.25, -0.2) is 0 Å². The smallest absolute Gasteiger partial charge is 0.264 e. The molecule has 3 aromatic rings. The number of benzene rings is 2. The third-order valence-corrected chi connectivity index (χ3v) is 7.05. The number of carbonyl (C=O) groups excluding carboxylic acids is 1. The number of fused-ring (bicyclic) bond motifs is 1. The highest BCUT2D eigenvalue weighted by atomic mass is 32.1. The van der Waals surface area contributed by atoms with Gasteiger partial charge in [-0.15, -0.1) is 11.3 Å². The number of amides is 1. The first-order valence-corrected chi connectivity index (χ1v) is 13.6. The van der Waals surface area contributed by atoms with Crippen molar-refractivity contribution in [1.29, 1.82) is 0 Å². The number of ether oxygens (including phenoxy) is 4. The van der Waals surface area contributed by atoms with Crippen molar-refractivity contribution in [2.24, 2.45) is 0 Å². The summed E-state index contributed by atoms with van der Waals surface area (Å²) in [5.74, 6) is 3.00. The van der Waals surface area contributed by atoms with Crippen molar-refractivity contribution in [3.8, 4) is 23.0 Å². The minimum Gasteiger partial charge on any atom is -0.490 e. The van der Waals surface area contributed by atoms with E-state index in [-0.39, 0.29) is 11.9 Å². The van der Waals surface area contributed by atoms with E-state index < -0.39 is 0 Å². The first-order chi connectivity index (χ1) is 17.6. The van der Waals surface area contributed by atoms with Crippen LogP contribution in [0.1, 0.15) is 60.1 Å². The lowest BCUT2D eigenvalue weighted by atomic mass is 9.88. The van der Waals surface area contributed by atoms with Gasteiger partial charge >= 0.3 is 0 Å². The summed E-state index contributed by atoms with van der Waals surface area (Å²) in [7, 11) is 0. The molecule has 1 aromatic heterocycles. The molecule has 2 aromatic carbocycles. The van der Waals surface area contributed by atoms with Crippen LogP contribution in [0.25, 0.3) is 0 Å². The molecule has 0 saturated heterocycles. The molecule has 1 amide bonds. The maximum Gasteiger partial charge on any atom is 0.264 e. The largest absolute Gasteiger partial charge is 0.490 e. The second-order valence-corrected chi connectivity index (χ2v) is 9.40. The van der Waals surface area contributed by atoms with Crippen LogP contribution in [0.15, 0.2) is 47.8 Å². The molecule has 1 unspecified atom stereocenters. The molecule has 6 nitrogen and oxygen atoms in total. The molecule has 7 heteroatoms. The Bertz CT molecular complexity index is 1160. The van der Waals surface area contributed by atoms with E-state index in [2.05, 4.69) is 18.2 Å². The van der Waals surface area contributed by atoms with Crippen LogP contribution in [0, 0.1) is 0 Å². The minimum absolute atomic E-state index is 0.0588. The predicted octanol–water partition coefficient (Wildman–Crippen LogP) is 6.33. The van der Waals surface area contributed by atoms with E-state index in [1.165, 1.54) is 16.9 Å². The summed E-state index contributed by atoms with van der Waals surface area (Å²) in [6.45, 7) is 10.7. The second kappa shape index (κ2) is 12.2. The highest BCUT2D eigenvalue weighted by Crippen LogP contribution is 2.41. The molecule has 1 aliphatic heterocycles. The molecule has 0 fully saturated rings. The van der Waals surface area contributed by atoms with E-state index in [9.17, 15) is 4.79 Å². The molecule has 36 heavy (non-hydrogen) atoms. The van der Waals surface area contributed by atoms with Gasteiger partial charge in [0.05, 0.1) is 37.3 Å². The van der Waals surface area contributed by atoms with Crippen LogP contribution in [0.5, 0.6) is 23.0 Å². The molecule has 1 atom stereocenters. The summed E-state index contributed by atoms with van der Waals surface area (Å²) in [5, 5.41) is 1.95. The van der Waals surface area contributed by atoms with Crippen molar-refractivity contribution in [2.75, 3.05) is 33.0 Å². The molecule has 0 spiro atoms. The van der Waals surface area contributed by atoms with Crippen LogP contribution in [-0.4, -0.2) is 43.8 Å². The predicted molar refractivity (Wildman–Crippen MR) is 143 cm³/mol. The fourth-order valence-corrected chi connectivity index (χ4v) is 5.38. The number of rotatable bonds is 11. The number of nitrogens with zero attached hydrogens (tertiary/aromatic N) is 1. The maximum absolute atomic E-state index is 13.6. The summed E-state index contributed by atoms with van der Waals surface area (Å²) in [6, 6.07) is 13.9. The molecule has 192 valence electrons. The number of hydrogen-bond acceptors (Lipinski definition) is 6. The second-order valence-electron chi connectivity index (χ2n) is 8.46. The summed E-state index contributed by atoms with van der Waals surface area (Å²) in [4.78, 5) is 16.3. The van der Waals surface area contributed by atoms with Gasteiger partial charge in [-0.2, -0.15) is 0 Å². The molecule has 0 bridgehead atoms. The zero-order valence-electron chi connectivity index (χ0n) is 21.5. The third-order valence-electron chi connectivity index (χ3n) is 6.19. The first kappa shape index (κ1) is 25.9. The van der Waals surface area contributed by atoms with E-state index in [1.807, 2.05) is 62.2 Å². The van der Waals surface area contributed by atoms with E-state index in [0.717, 1.165) is 45.4 Å². The number of hydrogen-bond donors (Lipinski definition) is 0. The molecule has 0 aliphatic carbocycles. The van der Waals surface area contributed by atoms with Crippen LogP contribution in [0.3, 0.4) is 0 Å². The molecule has 0 radical (unpaired) electrons. The quantitative estimate of drug-likeness (QED) is 0.303. The Labute approximate surface area is 217 Å². The average Bonchev–Trinajstić information content (AvgIpc) is 3.42. The number of carbonyl (C=O) groups is 1. The Balaban J connectivity index is 1.76. The van der Waals surface area contributed by atoms with Crippen molar-refractivity contribution < 1.29 is 23.7 Å². The first-order valence-electron chi connectivity index (χ1n) is 12.7. The van der Waals surface area contributed by atoms with Gasteiger partial charge in [0.15, 0.2) is 23.0 Å². The molecule has 1 aliphatic rings. The van der Waals surface area contributed by atoms with Crippen molar-refractivity contribution in [3.63, 3.8) is 0 Å². The Morgan fingerprint density at radius 2 is 1.50 bits per heavy atom. The normalized spacial score (nSPS) is 14.8. The fraction of sp³-hybridized carbons (Fsp3) is 0.414. The summed E-state index contributed by atoms with van der Waals surface area (Å²) >= 11 is 1.48. The Morgan fingerprint density at radius 1 is 0.861 bits per heavy atom.